The van der Waals surface area contributed by atoms with Crippen molar-refractivity contribution < 1.29 is 8.85 Å². The van der Waals surface area contributed by atoms with E-state index in [1.165, 1.54) is 56.7 Å². The molecule has 0 heterocycles. The lowest BCUT2D eigenvalue weighted by Gasteiger charge is -2.22. The Kier molecular flexibility index (Phi) is 12.0. The molecule has 0 spiro atoms. The highest BCUT2D eigenvalue weighted by Crippen LogP contribution is 2.17. The molecule has 0 fully saturated rings. The van der Waals surface area contributed by atoms with Crippen LogP contribution >= 0.6 is 11.8 Å². The van der Waals surface area contributed by atoms with Crippen molar-refractivity contribution in [3.05, 3.63) is 0 Å². The van der Waals surface area contributed by atoms with Gasteiger partial charge in [-0.3, -0.25) is 0 Å². The molecular formula is C13H27NO2SSi. The van der Waals surface area contributed by atoms with Crippen LogP contribution in [-0.4, -0.2) is 28.5 Å². The maximum atomic E-state index is 8.37. The van der Waals surface area contributed by atoms with Gasteiger partial charge in [0.05, 0.1) is 0 Å². The Balaban J connectivity index is 3.24. The van der Waals surface area contributed by atoms with Crippen molar-refractivity contribution in [3.63, 3.8) is 0 Å². The van der Waals surface area contributed by atoms with Gasteiger partial charge < -0.3 is 8.85 Å². The number of thiocyanates is 1. The van der Waals surface area contributed by atoms with Crippen molar-refractivity contribution >= 4 is 20.3 Å². The zero-order valence-electron chi connectivity index (χ0n) is 12.0. The summed E-state index contributed by atoms with van der Waals surface area (Å²) in [6, 6.07) is 1.10. The standard InChI is InChI=1S/C13H27NO2SSi/c1-15-18(3,16-2)12-10-8-6-4-5-7-9-11-17-13-14/h4-12H2,1-3H3. The Bertz CT molecular complexity index is 230. The molecule has 0 rings (SSSR count). The first-order valence-corrected chi connectivity index (χ1v) is 10.3. The smallest absolute Gasteiger partial charge is 0.334 e. The molecule has 0 N–H and O–H groups in total. The van der Waals surface area contributed by atoms with Crippen LogP contribution in [0.3, 0.4) is 0 Å². The average Bonchev–Trinajstić information content (AvgIpc) is 2.40. The van der Waals surface area contributed by atoms with Crippen LogP contribution in [0, 0.1) is 10.7 Å². The molecule has 5 heteroatoms. The molecule has 0 bridgehead atoms. The first-order valence-electron chi connectivity index (χ1n) is 6.79. The van der Waals surface area contributed by atoms with E-state index >= 15 is 0 Å². The number of unbranched alkanes of at least 4 members (excludes halogenated alkanes) is 6. The average molecular weight is 290 g/mol. The molecule has 0 unspecified atom stereocenters. The van der Waals surface area contributed by atoms with Crippen molar-refractivity contribution in [2.45, 2.75) is 57.5 Å². The molecule has 0 aliphatic rings. The predicted molar refractivity (Wildman–Crippen MR) is 80.8 cm³/mol. The van der Waals surface area contributed by atoms with Crippen LogP contribution in [0.2, 0.25) is 12.6 Å². The Morgan fingerprint density at radius 1 is 0.944 bits per heavy atom. The molecule has 106 valence electrons. The van der Waals surface area contributed by atoms with E-state index in [4.69, 9.17) is 14.1 Å². The zero-order valence-corrected chi connectivity index (χ0v) is 13.9. The van der Waals surface area contributed by atoms with Crippen LogP contribution < -0.4 is 0 Å². The molecule has 0 aliphatic heterocycles. The van der Waals surface area contributed by atoms with Crippen LogP contribution in [0.5, 0.6) is 0 Å². The highest BCUT2D eigenvalue weighted by atomic mass is 32.2. The van der Waals surface area contributed by atoms with Gasteiger partial charge in [-0.15, -0.1) is 0 Å². The normalized spacial score (nSPS) is 11.4. The summed E-state index contributed by atoms with van der Waals surface area (Å²) in [4.78, 5) is 0. The van der Waals surface area contributed by atoms with Gasteiger partial charge in [-0.25, -0.2) is 0 Å². The van der Waals surface area contributed by atoms with Crippen LogP contribution in [-0.2, 0) is 8.85 Å². The Hall–Kier alpha value is -0.0231. The Morgan fingerprint density at radius 3 is 1.94 bits per heavy atom. The molecule has 0 atom stereocenters. The number of rotatable bonds is 12. The van der Waals surface area contributed by atoms with E-state index in [2.05, 4.69) is 11.9 Å². The maximum absolute atomic E-state index is 8.37. The highest BCUT2D eigenvalue weighted by molar-refractivity contribution is 8.03. The Morgan fingerprint density at radius 2 is 1.44 bits per heavy atom. The number of hydrogen-bond acceptors (Lipinski definition) is 4. The van der Waals surface area contributed by atoms with Crippen LogP contribution in [0.25, 0.3) is 0 Å². The summed E-state index contributed by atoms with van der Waals surface area (Å²) in [6.07, 6.45) is 8.86. The van der Waals surface area contributed by atoms with Gasteiger partial charge in [0.2, 0.25) is 0 Å². The third-order valence-electron chi connectivity index (χ3n) is 3.31. The molecule has 0 saturated carbocycles. The lowest BCUT2D eigenvalue weighted by atomic mass is 10.1. The van der Waals surface area contributed by atoms with Gasteiger partial charge in [0.15, 0.2) is 0 Å². The minimum atomic E-state index is -1.82. The summed E-state index contributed by atoms with van der Waals surface area (Å²) in [6.45, 7) is 2.12. The minimum Gasteiger partial charge on any atom is -0.398 e. The van der Waals surface area contributed by atoms with Gasteiger partial charge >= 0.3 is 8.56 Å². The van der Waals surface area contributed by atoms with Crippen molar-refractivity contribution in [2.24, 2.45) is 0 Å². The first-order chi connectivity index (χ1) is 8.68. The number of thioether (sulfide) groups is 1. The van der Waals surface area contributed by atoms with E-state index in [-0.39, 0.29) is 0 Å². The van der Waals surface area contributed by atoms with Crippen molar-refractivity contribution in [2.75, 3.05) is 20.0 Å². The lowest BCUT2D eigenvalue weighted by Crippen LogP contribution is -2.35. The molecule has 0 aromatic heterocycles. The largest absolute Gasteiger partial charge is 0.398 e. The van der Waals surface area contributed by atoms with Gasteiger partial charge in [0.1, 0.15) is 5.40 Å². The fraction of sp³-hybridized carbons (Fsp3) is 0.923. The molecule has 0 aliphatic carbocycles. The van der Waals surface area contributed by atoms with Gasteiger partial charge in [0, 0.05) is 20.0 Å². The van der Waals surface area contributed by atoms with Crippen molar-refractivity contribution in [1.29, 1.82) is 5.26 Å². The SMILES string of the molecule is CO[Si](C)(CCCCCCCCCSC#N)OC. The van der Waals surface area contributed by atoms with E-state index in [0.717, 1.165) is 11.8 Å². The van der Waals surface area contributed by atoms with E-state index in [1.807, 2.05) is 0 Å². The van der Waals surface area contributed by atoms with Crippen molar-refractivity contribution in [1.82, 2.24) is 0 Å². The fourth-order valence-electron chi connectivity index (χ4n) is 1.84. The van der Waals surface area contributed by atoms with Gasteiger partial charge in [0.25, 0.3) is 0 Å². The zero-order chi connectivity index (χ0) is 13.7. The monoisotopic (exact) mass is 289 g/mol. The molecule has 3 nitrogen and oxygen atoms in total. The summed E-state index contributed by atoms with van der Waals surface area (Å²) >= 11 is 1.37. The van der Waals surface area contributed by atoms with Gasteiger partial charge in [-0.05, 0) is 30.8 Å². The molecule has 0 radical (unpaired) electrons. The van der Waals surface area contributed by atoms with Gasteiger partial charge in [-0.2, -0.15) is 5.26 Å². The second-order valence-electron chi connectivity index (χ2n) is 4.71. The number of hydrogen-bond donors (Lipinski definition) is 0. The minimum absolute atomic E-state index is 0.988. The van der Waals surface area contributed by atoms with Crippen LogP contribution in [0.15, 0.2) is 0 Å². The van der Waals surface area contributed by atoms with E-state index in [0.29, 0.717) is 0 Å². The molecular weight excluding hydrogens is 262 g/mol. The van der Waals surface area contributed by atoms with E-state index in [1.54, 1.807) is 14.2 Å². The topological polar surface area (TPSA) is 42.2 Å². The lowest BCUT2D eigenvalue weighted by molar-refractivity contribution is 0.248. The molecule has 0 aromatic rings. The van der Waals surface area contributed by atoms with E-state index in [9.17, 15) is 0 Å². The third kappa shape index (κ3) is 9.95. The number of nitrogens with zero attached hydrogens (tertiary/aromatic N) is 1. The van der Waals surface area contributed by atoms with Gasteiger partial charge in [-0.1, -0.05) is 38.5 Å². The van der Waals surface area contributed by atoms with E-state index < -0.39 is 8.56 Å². The summed E-state index contributed by atoms with van der Waals surface area (Å²) in [5, 5.41) is 10.5. The molecule has 0 saturated heterocycles. The van der Waals surface area contributed by atoms with Crippen LogP contribution in [0.1, 0.15) is 44.9 Å². The highest BCUT2D eigenvalue weighted by Gasteiger charge is 2.27. The molecule has 18 heavy (non-hydrogen) atoms. The Labute approximate surface area is 117 Å². The molecule has 0 amide bonds. The summed E-state index contributed by atoms with van der Waals surface area (Å²) in [7, 11) is 1.70. The van der Waals surface area contributed by atoms with Crippen molar-refractivity contribution in [3.8, 4) is 5.40 Å². The summed E-state index contributed by atoms with van der Waals surface area (Å²) in [5.74, 6) is 0.988. The van der Waals surface area contributed by atoms with Crippen LogP contribution in [0.4, 0.5) is 0 Å². The second-order valence-corrected chi connectivity index (χ2v) is 9.17. The first kappa shape index (κ1) is 18.0. The molecule has 0 aromatic carbocycles. The maximum Gasteiger partial charge on any atom is 0.334 e. The quantitative estimate of drug-likeness (QED) is 0.305. The predicted octanol–water partition coefficient (Wildman–Crippen LogP) is 4.30. The second kappa shape index (κ2) is 12.0. The number of nitriles is 1. The summed E-state index contributed by atoms with van der Waals surface area (Å²) in [5.41, 5.74) is 0. The fourth-order valence-corrected chi connectivity index (χ4v) is 3.74. The third-order valence-corrected chi connectivity index (χ3v) is 6.92. The summed E-state index contributed by atoms with van der Waals surface area (Å²) < 4.78 is 10.9.